The minimum absolute atomic E-state index is 0.226. The van der Waals surface area contributed by atoms with Gasteiger partial charge >= 0.3 is 0 Å². The summed E-state index contributed by atoms with van der Waals surface area (Å²) in [6, 6.07) is 10.4. The molecule has 0 aliphatic heterocycles. The molecule has 0 heterocycles. The van der Waals surface area contributed by atoms with E-state index in [1.165, 1.54) is 6.92 Å². The highest BCUT2D eigenvalue weighted by Gasteiger charge is 2.16. The molecule has 0 amide bonds. The van der Waals surface area contributed by atoms with Crippen molar-refractivity contribution in [2.75, 3.05) is 0 Å². The van der Waals surface area contributed by atoms with E-state index in [4.69, 9.17) is 5.73 Å². The topological polar surface area (TPSA) is 26.0 Å². The summed E-state index contributed by atoms with van der Waals surface area (Å²) in [6.45, 7) is 3.53. The van der Waals surface area contributed by atoms with Gasteiger partial charge in [0.15, 0.2) is 11.6 Å². The molecule has 3 heteroatoms. The quantitative estimate of drug-likeness (QED) is 0.893. The van der Waals surface area contributed by atoms with Crippen molar-refractivity contribution in [2.45, 2.75) is 26.3 Å². The maximum Gasteiger partial charge on any atom is 0.163 e. The van der Waals surface area contributed by atoms with E-state index in [0.29, 0.717) is 12.0 Å². The van der Waals surface area contributed by atoms with Crippen LogP contribution in [-0.4, -0.2) is 0 Å². The van der Waals surface area contributed by atoms with E-state index in [1.54, 1.807) is 12.1 Å². The van der Waals surface area contributed by atoms with Gasteiger partial charge in [0.2, 0.25) is 0 Å². The molecule has 2 rings (SSSR count). The van der Waals surface area contributed by atoms with Crippen LogP contribution in [0, 0.1) is 25.5 Å². The largest absolute Gasteiger partial charge is 0.324 e. The first-order valence-electron chi connectivity index (χ1n) is 6.24. The Morgan fingerprint density at radius 3 is 2.21 bits per heavy atom. The summed E-state index contributed by atoms with van der Waals surface area (Å²) < 4.78 is 27.3. The van der Waals surface area contributed by atoms with Crippen molar-refractivity contribution in [3.05, 3.63) is 70.3 Å². The number of hydrogen-bond donors (Lipinski definition) is 1. The average molecular weight is 261 g/mol. The predicted molar refractivity (Wildman–Crippen MR) is 72.9 cm³/mol. The second-order valence-electron chi connectivity index (χ2n) is 4.90. The summed E-state index contributed by atoms with van der Waals surface area (Å²) in [6.07, 6.45) is 0.486. The molecule has 0 saturated carbocycles. The van der Waals surface area contributed by atoms with Crippen LogP contribution in [0.15, 0.2) is 36.4 Å². The lowest BCUT2D eigenvalue weighted by Gasteiger charge is -2.14. The van der Waals surface area contributed by atoms with Gasteiger partial charge in [-0.05, 0) is 31.4 Å². The molecule has 0 aliphatic carbocycles. The van der Waals surface area contributed by atoms with E-state index in [0.717, 1.165) is 11.1 Å². The molecule has 0 aliphatic rings. The van der Waals surface area contributed by atoms with E-state index in [2.05, 4.69) is 0 Å². The first-order valence-corrected chi connectivity index (χ1v) is 6.24. The van der Waals surface area contributed by atoms with Crippen LogP contribution in [0.5, 0.6) is 0 Å². The Balaban J connectivity index is 2.23. The zero-order valence-corrected chi connectivity index (χ0v) is 11.1. The maximum absolute atomic E-state index is 13.8. The number of benzene rings is 2. The van der Waals surface area contributed by atoms with Crippen LogP contribution >= 0.6 is 0 Å². The Bertz CT molecular complexity index is 576. The SMILES string of the molecule is Cc1ccc(CC(N)c2ccc(C)c(F)c2F)cc1. The van der Waals surface area contributed by atoms with Crippen molar-refractivity contribution in [2.24, 2.45) is 5.73 Å². The van der Waals surface area contributed by atoms with Gasteiger partial charge in [-0.2, -0.15) is 0 Å². The molecule has 1 atom stereocenters. The Morgan fingerprint density at radius 2 is 1.58 bits per heavy atom. The molecule has 0 aromatic heterocycles. The van der Waals surface area contributed by atoms with Crippen LogP contribution in [0.2, 0.25) is 0 Å². The standard InChI is InChI=1S/C16H17F2N/c1-10-3-6-12(7-4-10)9-14(19)13-8-5-11(2)15(17)16(13)18/h3-8,14H,9,19H2,1-2H3. The lowest BCUT2D eigenvalue weighted by atomic mass is 9.97. The first-order chi connectivity index (χ1) is 8.99. The summed E-state index contributed by atoms with van der Waals surface area (Å²) in [7, 11) is 0. The molecule has 0 fully saturated rings. The number of hydrogen-bond acceptors (Lipinski definition) is 1. The second kappa shape index (κ2) is 5.49. The monoisotopic (exact) mass is 261 g/mol. The smallest absolute Gasteiger partial charge is 0.163 e. The van der Waals surface area contributed by atoms with Crippen molar-refractivity contribution >= 4 is 0 Å². The Morgan fingerprint density at radius 1 is 0.947 bits per heavy atom. The lowest BCUT2D eigenvalue weighted by Crippen LogP contribution is -2.16. The van der Waals surface area contributed by atoms with E-state index in [-0.39, 0.29) is 5.56 Å². The van der Waals surface area contributed by atoms with Gasteiger partial charge in [-0.1, -0.05) is 42.0 Å². The highest BCUT2D eigenvalue weighted by Crippen LogP contribution is 2.23. The van der Waals surface area contributed by atoms with E-state index in [1.807, 2.05) is 31.2 Å². The van der Waals surface area contributed by atoms with Crippen molar-refractivity contribution in [3.63, 3.8) is 0 Å². The van der Waals surface area contributed by atoms with Crippen molar-refractivity contribution in [1.82, 2.24) is 0 Å². The zero-order valence-electron chi connectivity index (χ0n) is 11.1. The van der Waals surface area contributed by atoms with Gasteiger partial charge in [-0.15, -0.1) is 0 Å². The fourth-order valence-electron chi connectivity index (χ4n) is 2.04. The molecule has 0 saturated heterocycles. The molecular weight excluding hydrogens is 244 g/mol. The minimum atomic E-state index is -0.834. The fraction of sp³-hybridized carbons (Fsp3) is 0.250. The Hall–Kier alpha value is -1.74. The molecule has 1 unspecified atom stereocenters. The van der Waals surface area contributed by atoms with Crippen LogP contribution in [0.1, 0.15) is 28.3 Å². The molecule has 19 heavy (non-hydrogen) atoms. The first kappa shape index (κ1) is 13.7. The summed E-state index contributed by atoms with van der Waals surface area (Å²) in [5, 5.41) is 0. The average Bonchev–Trinajstić information content (AvgIpc) is 2.39. The summed E-state index contributed by atoms with van der Waals surface area (Å²) in [5.74, 6) is -1.64. The molecule has 0 radical (unpaired) electrons. The number of halogens is 2. The molecule has 0 spiro atoms. The van der Waals surface area contributed by atoms with Gasteiger partial charge in [0.05, 0.1) is 0 Å². The third kappa shape index (κ3) is 2.99. The highest BCUT2D eigenvalue weighted by molar-refractivity contribution is 5.30. The van der Waals surface area contributed by atoms with E-state index in [9.17, 15) is 8.78 Å². The molecule has 2 aromatic carbocycles. The normalized spacial score (nSPS) is 12.5. The van der Waals surface area contributed by atoms with Crippen LogP contribution < -0.4 is 5.73 Å². The number of nitrogens with two attached hydrogens (primary N) is 1. The fourth-order valence-corrected chi connectivity index (χ4v) is 2.04. The minimum Gasteiger partial charge on any atom is -0.324 e. The second-order valence-corrected chi connectivity index (χ2v) is 4.90. The number of aryl methyl sites for hydroxylation is 2. The molecule has 1 nitrogen and oxygen atoms in total. The van der Waals surface area contributed by atoms with E-state index >= 15 is 0 Å². The highest BCUT2D eigenvalue weighted by atomic mass is 19.2. The van der Waals surface area contributed by atoms with Gasteiger partial charge in [0.1, 0.15) is 0 Å². The van der Waals surface area contributed by atoms with Crippen molar-refractivity contribution in [1.29, 1.82) is 0 Å². The van der Waals surface area contributed by atoms with Gasteiger partial charge in [-0.3, -0.25) is 0 Å². The van der Waals surface area contributed by atoms with Gasteiger partial charge < -0.3 is 5.73 Å². The van der Waals surface area contributed by atoms with Gasteiger partial charge in [0, 0.05) is 11.6 Å². The predicted octanol–water partition coefficient (Wildman–Crippen LogP) is 3.82. The number of rotatable bonds is 3. The summed E-state index contributed by atoms with van der Waals surface area (Å²) >= 11 is 0. The summed E-state index contributed by atoms with van der Waals surface area (Å²) in [5.41, 5.74) is 8.67. The molecule has 0 bridgehead atoms. The Labute approximate surface area is 112 Å². The third-order valence-electron chi connectivity index (χ3n) is 3.28. The molecular formula is C16H17F2N. The zero-order chi connectivity index (χ0) is 14.0. The van der Waals surface area contributed by atoms with Gasteiger partial charge in [0.25, 0.3) is 0 Å². The van der Waals surface area contributed by atoms with Crippen molar-refractivity contribution < 1.29 is 8.78 Å². The van der Waals surface area contributed by atoms with Crippen LogP contribution in [0.4, 0.5) is 8.78 Å². The van der Waals surface area contributed by atoms with Crippen molar-refractivity contribution in [3.8, 4) is 0 Å². The molecule has 100 valence electrons. The van der Waals surface area contributed by atoms with E-state index < -0.39 is 17.7 Å². The van der Waals surface area contributed by atoms with Gasteiger partial charge in [-0.25, -0.2) is 8.78 Å². The maximum atomic E-state index is 13.8. The Kier molecular flexibility index (Phi) is 3.96. The molecule has 2 N–H and O–H groups in total. The van der Waals surface area contributed by atoms with Crippen LogP contribution in [0.3, 0.4) is 0 Å². The third-order valence-corrected chi connectivity index (χ3v) is 3.28. The summed E-state index contributed by atoms with van der Waals surface area (Å²) in [4.78, 5) is 0. The lowest BCUT2D eigenvalue weighted by molar-refractivity contribution is 0.483. The van der Waals surface area contributed by atoms with Crippen LogP contribution in [-0.2, 0) is 6.42 Å². The van der Waals surface area contributed by atoms with Crippen LogP contribution in [0.25, 0.3) is 0 Å². The molecule has 2 aromatic rings.